The van der Waals surface area contributed by atoms with Crippen LogP contribution in [0.1, 0.15) is 58.8 Å². The molecule has 1 aliphatic carbocycles. The number of hydrogen-bond acceptors (Lipinski definition) is 0. The molecule has 1 N–H and O–H groups in total. The number of hydrogen-bond donors (Lipinski definition) is 1. The molecule has 0 radical (unpaired) electrons. The number of benzene rings is 2. The molecule has 1 unspecified atom stereocenters. The largest absolute Gasteiger partial charge is 0.339 e. The van der Waals surface area contributed by atoms with E-state index < -0.39 is 0 Å². The average Bonchev–Trinajstić information content (AvgIpc) is 2.84. The fourth-order valence-electron chi connectivity index (χ4n) is 5.62. The van der Waals surface area contributed by atoms with E-state index in [4.69, 9.17) is 0 Å². The van der Waals surface area contributed by atoms with Gasteiger partial charge in [-0.15, -0.1) is 0 Å². The van der Waals surface area contributed by atoms with Crippen LogP contribution in [-0.2, 0) is 19.5 Å². The van der Waals surface area contributed by atoms with E-state index in [1.54, 1.807) is 16.2 Å². The molecular weight excluding hydrogens is 328 g/mol. The van der Waals surface area contributed by atoms with Crippen LogP contribution in [0.5, 0.6) is 0 Å². The van der Waals surface area contributed by atoms with Gasteiger partial charge in [-0.3, -0.25) is 0 Å². The first-order valence-electron chi connectivity index (χ1n) is 10.6. The maximum absolute atomic E-state index is 2.68. The SMILES string of the molecule is Cc1ccc(C[NH+]2CCCn3c4c(c5cc(C)ccc53)CCC[C@@H]42)c(C)c1. The minimum atomic E-state index is 0.657. The standard InChI is InChI=1S/C25H30N2/c1-17-8-10-20(19(3)14-17)16-26-12-5-13-27-23-11-9-18(2)15-22(23)21-6-4-7-24(26)25(21)27/h8-11,14-15,24H,4-7,12-13,16H2,1-3H3/p+1/t24-/m0/s1. The van der Waals surface area contributed by atoms with E-state index in [0.717, 1.165) is 6.54 Å². The molecule has 27 heavy (non-hydrogen) atoms. The first kappa shape index (κ1) is 17.1. The summed E-state index contributed by atoms with van der Waals surface area (Å²) in [4.78, 5) is 1.78. The summed E-state index contributed by atoms with van der Waals surface area (Å²) in [5.74, 6) is 0. The Balaban J connectivity index is 1.59. The van der Waals surface area contributed by atoms with Crippen molar-refractivity contribution in [2.24, 2.45) is 0 Å². The zero-order chi connectivity index (χ0) is 18.5. The van der Waals surface area contributed by atoms with Crippen LogP contribution in [0, 0.1) is 20.8 Å². The molecule has 0 fully saturated rings. The van der Waals surface area contributed by atoms with Crippen LogP contribution in [0.25, 0.3) is 10.9 Å². The van der Waals surface area contributed by atoms with E-state index in [0.29, 0.717) is 6.04 Å². The van der Waals surface area contributed by atoms with Crippen molar-refractivity contribution in [3.63, 3.8) is 0 Å². The molecule has 2 aliphatic rings. The van der Waals surface area contributed by atoms with Gasteiger partial charge in [-0.2, -0.15) is 0 Å². The topological polar surface area (TPSA) is 9.37 Å². The van der Waals surface area contributed by atoms with E-state index in [2.05, 4.69) is 61.7 Å². The number of nitrogens with zero attached hydrogens (tertiary/aromatic N) is 1. The van der Waals surface area contributed by atoms with Crippen LogP contribution in [0.4, 0.5) is 0 Å². The Kier molecular flexibility index (Phi) is 4.12. The summed E-state index contributed by atoms with van der Waals surface area (Å²) < 4.78 is 2.68. The lowest BCUT2D eigenvalue weighted by Gasteiger charge is -2.31. The highest BCUT2D eigenvalue weighted by molar-refractivity contribution is 5.86. The number of aromatic nitrogens is 1. The van der Waals surface area contributed by atoms with Gasteiger partial charge in [0.25, 0.3) is 0 Å². The van der Waals surface area contributed by atoms with Crippen molar-refractivity contribution < 1.29 is 4.90 Å². The molecule has 3 aromatic rings. The van der Waals surface area contributed by atoms with Gasteiger partial charge in [-0.1, -0.05) is 35.4 Å². The molecule has 0 amide bonds. The predicted octanol–water partition coefficient (Wildman–Crippen LogP) is 4.43. The lowest BCUT2D eigenvalue weighted by atomic mass is 9.90. The summed E-state index contributed by atoms with van der Waals surface area (Å²) in [6.45, 7) is 10.3. The zero-order valence-electron chi connectivity index (χ0n) is 16.9. The minimum Gasteiger partial charge on any atom is -0.339 e. The number of aryl methyl sites for hydroxylation is 5. The molecule has 5 rings (SSSR count). The summed E-state index contributed by atoms with van der Waals surface area (Å²) in [6, 6.07) is 14.7. The van der Waals surface area contributed by atoms with Crippen molar-refractivity contribution in [3.05, 3.63) is 69.9 Å². The van der Waals surface area contributed by atoms with E-state index in [-0.39, 0.29) is 0 Å². The predicted molar refractivity (Wildman–Crippen MR) is 112 cm³/mol. The van der Waals surface area contributed by atoms with E-state index in [1.165, 1.54) is 71.9 Å². The highest BCUT2D eigenvalue weighted by Crippen LogP contribution is 2.37. The number of nitrogens with one attached hydrogen (secondary N) is 1. The molecule has 2 aromatic carbocycles. The summed E-state index contributed by atoms with van der Waals surface area (Å²) in [5, 5.41) is 1.53. The maximum Gasteiger partial charge on any atom is 0.129 e. The molecule has 2 heterocycles. The summed E-state index contributed by atoms with van der Waals surface area (Å²) in [5.41, 5.74) is 10.6. The fourth-order valence-corrected chi connectivity index (χ4v) is 5.62. The summed E-state index contributed by atoms with van der Waals surface area (Å²) >= 11 is 0. The second-order valence-electron chi connectivity index (χ2n) is 8.85. The quantitative estimate of drug-likeness (QED) is 0.693. The van der Waals surface area contributed by atoms with Gasteiger partial charge in [0, 0.05) is 35.9 Å². The number of rotatable bonds is 2. The fraction of sp³-hybridized carbons (Fsp3) is 0.440. The lowest BCUT2D eigenvalue weighted by Crippen LogP contribution is -3.11. The Morgan fingerprint density at radius 3 is 2.67 bits per heavy atom. The van der Waals surface area contributed by atoms with Crippen LogP contribution in [-0.4, -0.2) is 11.1 Å². The van der Waals surface area contributed by atoms with Crippen LogP contribution < -0.4 is 4.90 Å². The molecule has 2 heteroatoms. The second kappa shape index (κ2) is 6.53. The maximum atomic E-state index is 2.68. The van der Waals surface area contributed by atoms with Crippen LogP contribution in [0.3, 0.4) is 0 Å². The van der Waals surface area contributed by atoms with Gasteiger partial charge in [0.1, 0.15) is 12.6 Å². The smallest absolute Gasteiger partial charge is 0.129 e. The molecule has 0 saturated carbocycles. The molecule has 2 atom stereocenters. The Hall–Kier alpha value is -2.06. The van der Waals surface area contributed by atoms with Gasteiger partial charge in [0.05, 0.1) is 12.2 Å². The zero-order valence-corrected chi connectivity index (χ0v) is 16.9. The van der Waals surface area contributed by atoms with Gasteiger partial charge in [-0.05, 0) is 56.9 Å². The normalized spacial score (nSPS) is 21.9. The van der Waals surface area contributed by atoms with Gasteiger partial charge < -0.3 is 9.47 Å². The summed E-state index contributed by atoms with van der Waals surface area (Å²) in [7, 11) is 0. The van der Waals surface area contributed by atoms with Gasteiger partial charge in [0.2, 0.25) is 0 Å². The van der Waals surface area contributed by atoms with Crippen molar-refractivity contribution in [1.29, 1.82) is 0 Å². The Morgan fingerprint density at radius 1 is 1.00 bits per heavy atom. The Labute approximate surface area is 162 Å². The second-order valence-corrected chi connectivity index (χ2v) is 8.85. The minimum absolute atomic E-state index is 0.657. The highest BCUT2D eigenvalue weighted by atomic mass is 15.2. The van der Waals surface area contributed by atoms with Crippen molar-refractivity contribution in [3.8, 4) is 0 Å². The van der Waals surface area contributed by atoms with Gasteiger partial charge in [0.15, 0.2) is 0 Å². The number of quaternary nitrogens is 1. The van der Waals surface area contributed by atoms with Crippen molar-refractivity contribution >= 4 is 10.9 Å². The third kappa shape index (κ3) is 2.82. The molecule has 1 aromatic heterocycles. The van der Waals surface area contributed by atoms with Gasteiger partial charge >= 0.3 is 0 Å². The first-order valence-corrected chi connectivity index (χ1v) is 10.6. The molecule has 0 spiro atoms. The van der Waals surface area contributed by atoms with Crippen LogP contribution in [0.15, 0.2) is 36.4 Å². The van der Waals surface area contributed by atoms with E-state index in [1.807, 2.05) is 0 Å². The van der Waals surface area contributed by atoms with E-state index >= 15 is 0 Å². The third-order valence-electron chi connectivity index (χ3n) is 6.91. The molecule has 0 bridgehead atoms. The Bertz CT molecular complexity index is 1010. The van der Waals surface area contributed by atoms with Crippen LogP contribution >= 0.6 is 0 Å². The number of fused-ring (bicyclic) bond motifs is 3. The lowest BCUT2D eigenvalue weighted by molar-refractivity contribution is -0.945. The van der Waals surface area contributed by atoms with Crippen molar-refractivity contribution in [2.45, 2.75) is 65.6 Å². The van der Waals surface area contributed by atoms with Gasteiger partial charge in [-0.25, -0.2) is 0 Å². The average molecular weight is 360 g/mol. The van der Waals surface area contributed by atoms with Crippen molar-refractivity contribution in [1.82, 2.24) is 4.57 Å². The molecule has 0 saturated heterocycles. The highest BCUT2D eigenvalue weighted by Gasteiger charge is 2.36. The monoisotopic (exact) mass is 359 g/mol. The first-order chi connectivity index (χ1) is 13.1. The third-order valence-corrected chi connectivity index (χ3v) is 6.91. The van der Waals surface area contributed by atoms with Crippen molar-refractivity contribution in [2.75, 3.05) is 6.54 Å². The molecule has 1 aliphatic heterocycles. The molecule has 2 nitrogen and oxygen atoms in total. The van der Waals surface area contributed by atoms with E-state index in [9.17, 15) is 0 Å². The summed E-state index contributed by atoms with van der Waals surface area (Å²) in [6.07, 6.45) is 5.21. The molecule has 140 valence electrons. The molecular formula is C25H31N2+. The van der Waals surface area contributed by atoms with Crippen LogP contribution in [0.2, 0.25) is 0 Å². The Morgan fingerprint density at radius 2 is 1.81 bits per heavy atom.